The van der Waals surface area contributed by atoms with Gasteiger partial charge in [-0.2, -0.15) is 0 Å². The van der Waals surface area contributed by atoms with E-state index in [0.29, 0.717) is 29.2 Å². The summed E-state index contributed by atoms with van der Waals surface area (Å²) in [5.74, 6) is 0.126. The van der Waals surface area contributed by atoms with Gasteiger partial charge in [0.15, 0.2) is 18.1 Å². The average molecular weight is 389 g/mol. The topological polar surface area (TPSA) is 76.0 Å². The van der Waals surface area contributed by atoms with Crippen molar-refractivity contribution in [2.75, 3.05) is 34.5 Å². The van der Waals surface area contributed by atoms with Crippen molar-refractivity contribution >= 4 is 11.8 Å². The van der Waals surface area contributed by atoms with E-state index in [2.05, 4.69) is 4.57 Å². The van der Waals surface area contributed by atoms with Gasteiger partial charge >= 0.3 is 5.97 Å². The van der Waals surface area contributed by atoms with Crippen molar-refractivity contribution in [3.8, 4) is 11.5 Å². The van der Waals surface area contributed by atoms with Crippen LogP contribution < -0.4 is 9.47 Å². The van der Waals surface area contributed by atoms with Crippen LogP contribution in [0.15, 0.2) is 24.3 Å². The van der Waals surface area contributed by atoms with Gasteiger partial charge in [-0.25, -0.2) is 4.79 Å². The molecule has 152 valence electrons. The molecular weight excluding hydrogens is 362 g/mol. The van der Waals surface area contributed by atoms with Crippen molar-refractivity contribution in [3.63, 3.8) is 0 Å². The van der Waals surface area contributed by atoms with Crippen LogP contribution in [0.3, 0.4) is 0 Å². The third-order valence-corrected chi connectivity index (χ3v) is 4.58. The highest BCUT2D eigenvalue weighted by atomic mass is 16.5. The number of hydrogen-bond donors (Lipinski definition) is 0. The molecule has 0 radical (unpaired) electrons. The van der Waals surface area contributed by atoms with E-state index in [9.17, 15) is 9.59 Å². The zero-order valence-electron chi connectivity index (χ0n) is 17.2. The van der Waals surface area contributed by atoms with Gasteiger partial charge in [0.1, 0.15) is 0 Å². The Labute approximate surface area is 165 Å². The quantitative estimate of drug-likeness (QED) is 0.483. The Morgan fingerprint density at radius 2 is 1.79 bits per heavy atom. The molecule has 0 spiro atoms. The molecule has 0 bridgehead atoms. The van der Waals surface area contributed by atoms with E-state index in [1.807, 2.05) is 26.8 Å². The molecule has 2 aromatic rings. The molecule has 1 aromatic carbocycles. The number of carbonyl (C=O) groups is 2. The van der Waals surface area contributed by atoms with Gasteiger partial charge in [-0.15, -0.1) is 0 Å². The van der Waals surface area contributed by atoms with Crippen LogP contribution in [0.1, 0.15) is 45.1 Å². The summed E-state index contributed by atoms with van der Waals surface area (Å²) in [5.41, 5.74) is 2.83. The van der Waals surface area contributed by atoms with Crippen molar-refractivity contribution in [1.29, 1.82) is 0 Å². The van der Waals surface area contributed by atoms with Gasteiger partial charge in [0.2, 0.25) is 5.78 Å². The fourth-order valence-corrected chi connectivity index (χ4v) is 3.31. The first-order valence-corrected chi connectivity index (χ1v) is 8.93. The Bertz CT molecular complexity index is 855. The third-order valence-electron chi connectivity index (χ3n) is 4.58. The second-order valence-corrected chi connectivity index (χ2v) is 6.53. The Morgan fingerprint density at radius 3 is 2.39 bits per heavy atom. The summed E-state index contributed by atoms with van der Waals surface area (Å²) in [5, 5.41) is 0. The summed E-state index contributed by atoms with van der Waals surface area (Å²) >= 11 is 0. The molecular formula is C21H27NO6. The molecule has 7 nitrogen and oxygen atoms in total. The lowest BCUT2D eigenvalue weighted by Crippen LogP contribution is -2.16. The molecule has 0 fully saturated rings. The summed E-state index contributed by atoms with van der Waals surface area (Å²) in [6, 6.07) is 6.65. The maximum atomic E-state index is 12.7. The van der Waals surface area contributed by atoms with Gasteiger partial charge in [0.05, 0.1) is 32.4 Å². The van der Waals surface area contributed by atoms with Gasteiger partial charge in [-0.1, -0.05) is 0 Å². The van der Waals surface area contributed by atoms with Crippen molar-refractivity contribution in [2.24, 2.45) is 0 Å². The molecule has 7 heteroatoms. The van der Waals surface area contributed by atoms with Crippen LogP contribution in [0.5, 0.6) is 11.5 Å². The number of aromatic nitrogens is 1. The number of aryl methyl sites for hydroxylation is 1. The van der Waals surface area contributed by atoms with Crippen molar-refractivity contribution in [3.05, 3.63) is 46.8 Å². The minimum Gasteiger partial charge on any atom is -0.493 e. The number of Topliss-reactive ketones (excluding diaryl/α,β-unsaturated/α-hetero) is 1. The smallest absolute Gasteiger partial charge is 0.337 e. The molecule has 0 amide bonds. The largest absolute Gasteiger partial charge is 0.493 e. The van der Waals surface area contributed by atoms with Crippen LogP contribution in [0.25, 0.3) is 0 Å². The minimum absolute atomic E-state index is 0.124. The molecule has 0 saturated carbocycles. The van der Waals surface area contributed by atoms with Gasteiger partial charge < -0.3 is 23.5 Å². The van der Waals surface area contributed by atoms with Gasteiger partial charge in [-0.05, 0) is 45.0 Å². The third kappa shape index (κ3) is 4.54. The van der Waals surface area contributed by atoms with Crippen LogP contribution in [0.4, 0.5) is 0 Å². The average Bonchev–Trinajstić information content (AvgIpc) is 2.99. The monoisotopic (exact) mass is 389 g/mol. The molecule has 2 rings (SSSR count). The van der Waals surface area contributed by atoms with Crippen molar-refractivity contribution < 1.29 is 28.5 Å². The molecule has 1 heterocycles. The van der Waals surface area contributed by atoms with Gasteiger partial charge in [-0.3, -0.25) is 4.79 Å². The zero-order chi connectivity index (χ0) is 20.8. The Morgan fingerprint density at radius 1 is 1.07 bits per heavy atom. The number of rotatable bonds is 9. The molecule has 0 aliphatic carbocycles. The van der Waals surface area contributed by atoms with E-state index >= 15 is 0 Å². The molecule has 1 atom stereocenters. The normalized spacial score (nSPS) is 11.8. The zero-order valence-corrected chi connectivity index (χ0v) is 17.2. The predicted octanol–water partition coefficient (Wildman–Crippen LogP) is 3.37. The van der Waals surface area contributed by atoms with E-state index in [4.69, 9.17) is 18.9 Å². The first-order valence-electron chi connectivity index (χ1n) is 8.93. The first-order chi connectivity index (χ1) is 13.3. The summed E-state index contributed by atoms with van der Waals surface area (Å²) in [7, 11) is 4.43. The molecule has 0 saturated heterocycles. The summed E-state index contributed by atoms with van der Waals surface area (Å²) in [6.07, 6.45) is 0. The van der Waals surface area contributed by atoms with Crippen LogP contribution in [0, 0.1) is 13.8 Å². The van der Waals surface area contributed by atoms with Gasteiger partial charge in [0.25, 0.3) is 0 Å². The number of carbonyl (C=O) groups excluding carboxylic acids is 2. The van der Waals surface area contributed by atoms with E-state index in [-0.39, 0.29) is 18.4 Å². The summed E-state index contributed by atoms with van der Waals surface area (Å²) < 4.78 is 22.9. The fraction of sp³-hybridized carbons (Fsp3) is 0.429. The van der Waals surface area contributed by atoms with Crippen LogP contribution in [-0.2, 0) is 9.47 Å². The van der Waals surface area contributed by atoms with Crippen LogP contribution >= 0.6 is 0 Å². The number of nitrogens with zero attached hydrogens (tertiary/aromatic N) is 1. The highest BCUT2D eigenvalue weighted by Gasteiger charge is 2.20. The lowest BCUT2D eigenvalue weighted by Gasteiger charge is -2.17. The molecule has 28 heavy (non-hydrogen) atoms. The van der Waals surface area contributed by atoms with E-state index < -0.39 is 5.97 Å². The number of benzene rings is 1. The predicted molar refractivity (Wildman–Crippen MR) is 105 cm³/mol. The second kappa shape index (κ2) is 9.41. The molecule has 0 aliphatic heterocycles. The highest BCUT2D eigenvalue weighted by Crippen LogP contribution is 2.29. The minimum atomic E-state index is -0.474. The number of methoxy groups -OCH3 is 3. The number of ketones is 1. The Hall–Kier alpha value is -2.80. The SMILES string of the molecule is COC[C@H](C)n1c(C)cc(C(=O)COc2ccc(C(=O)OC)cc2OC)c1C. The summed E-state index contributed by atoms with van der Waals surface area (Å²) in [4.78, 5) is 24.4. The van der Waals surface area contributed by atoms with Crippen LogP contribution in [0.2, 0.25) is 0 Å². The molecule has 0 unspecified atom stereocenters. The molecule has 0 N–H and O–H groups in total. The molecule has 0 aliphatic rings. The second-order valence-electron chi connectivity index (χ2n) is 6.53. The maximum absolute atomic E-state index is 12.7. The summed E-state index contributed by atoms with van der Waals surface area (Å²) in [6.45, 7) is 6.34. The molecule has 1 aromatic heterocycles. The number of hydrogen-bond acceptors (Lipinski definition) is 6. The van der Waals surface area contributed by atoms with E-state index in [1.165, 1.54) is 20.3 Å². The standard InChI is InChI=1S/C21H27NO6/c1-13-9-17(15(3)22(13)14(2)11-25-4)18(23)12-28-19-8-7-16(21(24)27-6)10-20(19)26-5/h7-10,14H,11-12H2,1-6H3/t14-/m0/s1. The van der Waals surface area contributed by atoms with Gasteiger partial charge in [0, 0.05) is 24.1 Å². The Balaban J connectivity index is 2.17. The maximum Gasteiger partial charge on any atom is 0.337 e. The Kier molecular flexibility index (Phi) is 7.23. The number of esters is 1. The number of ether oxygens (including phenoxy) is 4. The van der Waals surface area contributed by atoms with E-state index in [0.717, 1.165) is 11.4 Å². The van der Waals surface area contributed by atoms with E-state index in [1.54, 1.807) is 19.2 Å². The lowest BCUT2D eigenvalue weighted by atomic mass is 10.1. The van der Waals surface area contributed by atoms with Crippen molar-refractivity contribution in [1.82, 2.24) is 4.57 Å². The highest BCUT2D eigenvalue weighted by molar-refractivity contribution is 5.98. The first kappa shape index (κ1) is 21.5. The fourth-order valence-electron chi connectivity index (χ4n) is 3.31. The van der Waals surface area contributed by atoms with Crippen molar-refractivity contribution in [2.45, 2.75) is 26.8 Å². The van der Waals surface area contributed by atoms with Crippen LogP contribution in [-0.4, -0.2) is 50.9 Å². The lowest BCUT2D eigenvalue weighted by molar-refractivity contribution is 0.0600.